The van der Waals surface area contributed by atoms with Crippen molar-refractivity contribution in [2.45, 2.75) is 45.1 Å². The Bertz CT molecular complexity index is 805. The standard InChI is InChI=1S/C16H22N6S/c1-16(2,3)13-10-22-14(18-13)23-15(19-22)21-7-5-6-12(21)11-8-17-20(4)9-11/h8-10,12H,5-7H2,1-4H3/t12-/m0/s1. The Hall–Kier alpha value is -1.89. The van der Waals surface area contributed by atoms with Crippen LogP contribution in [0.4, 0.5) is 5.13 Å². The lowest BCUT2D eigenvalue weighted by molar-refractivity contribution is 0.572. The molecule has 1 aliphatic heterocycles. The fourth-order valence-corrected chi connectivity index (χ4v) is 4.08. The molecular formula is C16H22N6S. The molecular weight excluding hydrogens is 308 g/mol. The van der Waals surface area contributed by atoms with Crippen LogP contribution in [0, 0.1) is 0 Å². The van der Waals surface area contributed by atoms with Gasteiger partial charge >= 0.3 is 0 Å². The first-order valence-electron chi connectivity index (χ1n) is 8.04. The summed E-state index contributed by atoms with van der Waals surface area (Å²) in [6.07, 6.45) is 8.48. The maximum atomic E-state index is 4.78. The van der Waals surface area contributed by atoms with Crippen molar-refractivity contribution in [3.8, 4) is 0 Å². The van der Waals surface area contributed by atoms with Crippen LogP contribution in [-0.2, 0) is 12.5 Å². The van der Waals surface area contributed by atoms with E-state index in [0.717, 1.165) is 28.8 Å². The zero-order valence-corrected chi connectivity index (χ0v) is 14.8. The molecule has 0 N–H and O–H groups in total. The second-order valence-corrected chi connectivity index (χ2v) is 8.22. The van der Waals surface area contributed by atoms with Crippen LogP contribution in [0.2, 0.25) is 0 Å². The summed E-state index contributed by atoms with van der Waals surface area (Å²) in [5.74, 6) is 0. The van der Waals surface area contributed by atoms with Gasteiger partial charge in [0.2, 0.25) is 10.1 Å². The third kappa shape index (κ3) is 2.52. The van der Waals surface area contributed by atoms with Crippen LogP contribution in [-0.4, -0.2) is 30.9 Å². The summed E-state index contributed by atoms with van der Waals surface area (Å²) >= 11 is 1.68. The number of fused-ring (bicyclic) bond motifs is 1. The van der Waals surface area contributed by atoms with Gasteiger partial charge in [-0.2, -0.15) is 5.10 Å². The summed E-state index contributed by atoms with van der Waals surface area (Å²) in [6.45, 7) is 7.58. The predicted octanol–water partition coefficient (Wildman–Crippen LogP) is 3.16. The monoisotopic (exact) mass is 330 g/mol. The van der Waals surface area contributed by atoms with Gasteiger partial charge < -0.3 is 4.90 Å². The lowest BCUT2D eigenvalue weighted by Gasteiger charge is -2.22. The number of imidazole rings is 1. The molecule has 23 heavy (non-hydrogen) atoms. The predicted molar refractivity (Wildman–Crippen MR) is 92.1 cm³/mol. The van der Waals surface area contributed by atoms with Gasteiger partial charge in [0.15, 0.2) is 0 Å². The van der Waals surface area contributed by atoms with Crippen LogP contribution in [0.15, 0.2) is 18.6 Å². The SMILES string of the molecule is Cn1cc([C@@H]2CCCN2c2nn3cc(C(C)(C)C)nc3s2)cn1. The highest BCUT2D eigenvalue weighted by molar-refractivity contribution is 7.20. The number of aromatic nitrogens is 5. The average Bonchev–Trinajstić information content (AvgIpc) is 3.18. The molecule has 0 unspecified atom stereocenters. The second kappa shape index (κ2) is 5.06. The molecule has 1 aliphatic rings. The maximum Gasteiger partial charge on any atom is 0.214 e. The minimum Gasteiger partial charge on any atom is -0.339 e. The first-order valence-corrected chi connectivity index (χ1v) is 8.85. The summed E-state index contributed by atoms with van der Waals surface area (Å²) in [4.78, 5) is 8.12. The molecule has 0 radical (unpaired) electrons. The Morgan fingerprint density at radius 1 is 1.26 bits per heavy atom. The molecule has 4 heterocycles. The highest BCUT2D eigenvalue weighted by atomic mass is 32.1. The number of hydrogen-bond acceptors (Lipinski definition) is 5. The van der Waals surface area contributed by atoms with Crippen molar-refractivity contribution in [3.05, 3.63) is 29.8 Å². The van der Waals surface area contributed by atoms with Crippen molar-refractivity contribution in [1.82, 2.24) is 24.4 Å². The van der Waals surface area contributed by atoms with E-state index in [1.54, 1.807) is 11.3 Å². The Balaban J connectivity index is 1.66. The van der Waals surface area contributed by atoms with Gasteiger partial charge in [-0.15, -0.1) is 5.10 Å². The summed E-state index contributed by atoms with van der Waals surface area (Å²) in [5, 5.41) is 10.2. The Kier molecular flexibility index (Phi) is 3.23. The topological polar surface area (TPSA) is 51.2 Å². The first kappa shape index (κ1) is 14.7. The van der Waals surface area contributed by atoms with E-state index in [1.165, 1.54) is 12.0 Å². The number of anilines is 1. The third-order valence-corrected chi connectivity index (χ3v) is 5.37. The molecule has 0 saturated carbocycles. The molecule has 0 aliphatic carbocycles. The average molecular weight is 330 g/mol. The highest BCUT2D eigenvalue weighted by Gasteiger charge is 2.30. The van der Waals surface area contributed by atoms with Crippen molar-refractivity contribution in [1.29, 1.82) is 0 Å². The van der Waals surface area contributed by atoms with Gasteiger partial charge in [-0.1, -0.05) is 32.1 Å². The van der Waals surface area contributed by atoms with Crippen LogP contribution < -0.4 is 4.90 Å². The van der Waals surface area contributed by atoms with E-state index in [0.29, 0.717) is 6.04 Å². The van der Waals surface area contributed by atoms with E-state index in [4.69, 9.17) is 10.1 Å². The normalized spacial score (nSPS) is 19.1. The third-order valence-electron chi connectivity index (χ3n) is 4.41. The van der Waals surface area contributed by atoms with Crippen LogP contribution in [0.5, 0.6) is 0 Å². The van der Waals surface area contributed by atoms with E-state index in [9.17, 15) is 0 Å². The molecule has 122 valence electrons. The molecule has 7 heteroatoms. The summed E-state index contributed by atoms with van der Waals surface area (Å²) in [6, 6.07) is 0.377. The van der Waals surface area contributed by atoms with Gasteiger partial charge in [-0.25, -0.2) is 9.50 Å². The van der Waals surface area contributed by atoms with E-state index in [2.05, 4.69) is 43.2 Å². The number of nitrogens with zero attached hydrogens (tertiary/aromatic N) is 6. The number of rotatable bonds is 2. The van der Waals surface area contributed by atoms with Crippen LogP contribution in [0.1, 0.15) is 50.9 Å². The van der Waals surface area contributed by atoms with Crippen molar-refractivity contribution in [3.63, 3.8) is 0 Å². The van der Waals surface area contributed by atoms with Gasteiger partial charge in [0, 0.05) is 30.8 Å². The highest BCUT2D eigenvalue weighted by Crippen LogP contribution is 2.38. The maximum absolute atomic E-state index is 4.78. The molecule has 1 atom stereocenters. The zero-order valence-electron chi connectivity index (χ0n) is 14.0. The van der Waals surface area contributed by atoms with Gasteiger partial charge in [0.05, 0.1) is 24.1 Å². The van der Waals surface area contributed by atoms with E-state index >= 15 is 0 Å². The largest absolute Gasteiger partial charge is 0.339 e. The summed E-state index contributed by atoms with van der Waals surface area (Å²) in [7, 11) is 1.97. The minimum atomic E-state index is 0.0550. The second-order valence-electron chi connectivity index (χ2n) is 7.29. The molecule has 3 aromatic rings. The van der Waals surface area contributed by atoms with Gasteiger partial charge in [0.1, 0.15) is 0 Å². The van der Waals surface area contributed by atoms with E-state index < -0.39 is 0 Å². The van der Waals surface area contributed by atoms with Crippen molar-refractivity contribution in [2.24, 2.45) is 7.05 Å². The molecule has 1 saturated heterocycles. The molecule has 0 aromatic carbocycles. The number of hydrogen-bond donors (Lipinski definition) is 0. The summed E-state index contributed by atoms with van der Waals surface area (Å²) in [5.41, 5.74) is 2.42. The summed E-state index contributed by atoms with van der Waals surface area (Å²) < 4.78 is 3.80. The van der Waals surface area contributed by atoms with Crippen LogP contribution >= 0.6 is 11.3 Å². The molecule has 1 fully saturated rings. The zero-order chi connectivity index (χ0) is 16.2. The molecule has 6 nitrogen and oxygen atoms in total. The molecule has 0 spiro atoms. The van der Waals surface area contributed by atoms with Gasteiger partial charge in [-0.05, 0) is 12.8 Å². The van der Waals surface area contributed by atoms with Crippen LogP contribution in [0.3, 0.4) is 0 Å². The Morgan fingerprint density at radius 2 is 2.09 bits per heavy atom. The van der Waals surface area contributed by atoms with Gasteiger partial charge in [0.25, 0.3) is 0 Å². The molecule has 4 rings (SSSR count). The van der Waals surface area contributed by atoms with E-state index in [-0.39, 0.29) is 5.41 Å². The van der Waals surface area contributed by atoms with E-state index in [1.807, 2.05) is 22.4 Å². The molecule has 0 amide bonds. The lowest BCUT2D eigenvalue weighted by Crippen LogP contribution is -2.22. The Morgan fingerprint density at radius 3 is 2.74 bits per heavy atom. The quantitative estimate of drug-likeness (QED) is 0.724. The van der Waals surface area contributed by atoms with Crippen molar-refractivity contribution in [2.75, 3.05) is 11.4 Å². The molecule has 3 aromatic heterocycles. The molecule has 0 bridgehead atoms. The Labute approximate surface area is 139 Å². The number of aryl methyl sites for hydroxylation is 1. The fourth-order valence-electron chi connectivity index (χ4n) is 3.12. The fraction of sp³-hybridized carbons (Fsp3) is 0.562. The first-order chi connectivity index (χ1) is 10.9. The minimum absolute atomic E-state index is 0.0550. The van der Waals surface area contributed by atoms with Gasteiger partial charge in [-0.3, -0.25) is 4.68 Å². The van der Waals surface area contributed by atoms with Crippen molar-refractivity contribution >= 4 is 21.4 Å². The van der Waals surface area contributed by atoms with Crippen LogP contribution in [0.25, 0.3) is 4.96 Å². The lowest BCUT2D eigenvalue weighted by atomic mass is 9.93. The van der Waals surface area contributed by atoms with Crippen molar-refractivity contribution < 1.29 is 0 Å². The smallest absolute Gasteiger partial charge is 0.214 e.